The molecular weight excluding hydrogens is 330 g/mol. The smallest absolute Gasteiger partial charge is 0.121 e. The fourth-order valence-electron chi connectivity index (χ4n) is 3.23. The van der Waals surface area contributed by atoms with E-state index in [1.807, 2.05) is 18.2 Å². The van der Waals surface area contributed by atoms with E-state index in [0.29, 0.717) is 0 Å². The van der Waals surface area contributed by atoms with E-state index in [2.05, 4.69) is 95.9 Å². The molecule has 0 atom stereocenters. The molecule has 0 saturated carbocycles. The van der Waals surface area contributed by atoms with Crippen LogP contribution in [0.25, 0.3) is 11.1 Å². The van der Waals surface area contributed by atoms with Crippen molar-refractivity contribution in [1.29, 1.82) is 0 Å². The zero-order valence-corrected chi connectivity index (χ0v) is 15.2. The number of anilines is 3. The fourth-order valence-corrected chi connectivity index (χ4v) is 3.23. The molecule has 0 saturated heterocycles. The van der Waals surface area contributed by atoms with E-state index in [0.717, 1.165) is 28.4 Å². The van der Waals surface area contributed by atoms with Crippen LogP contribution in [0.2, 0.25) is 0 Å². The van der Waals surface area contributed by atoms with Crippen molar-refractivity contribution >= 4 is 17.1 Å². The molecule has 0 aliphatic heterocycles. The van der Waals surface area contributed by atoms with Crippen LogP contribution >= 0.6 is 0 Å². The fraction of sp³-hybridized carbons (Fsp3) is 0.0400. The monoisotopic (exact) mass is 351 g/mol. The van der Waals surface area contributed by atoms with Crippen molar-refractivity contribution in [3.8, 4) is 16.9 Å². The van der Waals surface area contributed by atoms with Gasteiger partial charge in [0, 0.05) is 17.4 Å². The number of rotatable bonds is 5. The Morgan fingerprint density at radius 1 is 0.519 bits per heavy atom. The maximum absolute atomic E-state index is 5.61. The summed E-state index contributed by atoms with van der Waals surface area (Å²) in [6, 6.07) is 37.5. The van der Waals surface area contributed by atoms with Gasteiger partial charge in [-0.15, -0.1) is 0 Å². The van der Waals surface area contributed by atoms with Crippen molar-refractivity contribution in [3.05, 3.63) is 109 Å². The molecule has 2 nitrogen and oxygen atoms in total. The lowest BCUT2D eigenvalue weighted by Gasteiger charge is -2.26. The Bertz CT molecular complexity index is 959. The van der Waals surface area contributed by atoms with E-state index in [1.54, 1.807) is 7.11 Å². The summed E-state index contributed by atoms with van der Waals surface area (Å²) in [4.78, 5) is 2.24. The van der Waals surface area contributed by atoms with E-state index in [9.17, 15) is 0 Å². The number of methoxy groups -OCH3 is 1. The van der Waals surface area contributed by atoms with Crippen molar-refractivity contribution < 1.29 is 4.74 Å². The Morgan fingerprint density at radius 3 is 1.56 bits per heavy atom. The molecule has 4 aromatic carbocycles. The molecule has 0 aliphatic carbocycles. The second-order valence-electron chi connectivity index (χ2n) is 6.29. The lowest BCUT2D eigenvalue weighted by molar-refractivity contribution is 0.415. The first-order chi connectivity index (χ1) is 13.3. The Kier molecular flexibility index (Phi) is 4.88. The van der Waals surface area contributed by atoms with Gasteiger partial charge < -0.3 is 9.64 Å². The molecule has 0 spiro atoms. The Labute approximate surface area is 160 Å². The average molecular weight is 351 g/mol. The van der Waals surface area contributed by atoms with Gasteiger partial charge in [0.1, 0.15) is 5.75 Å². The molecule has 4 aromatic rings. The van der Waals surface area contributed by atoms with E-state index >= 15 is 0 Å². The van der Waals surface area contributed by atoms with Crippen molar-refractivity contribution in [1.82, 2.24) is 0 Å². The van der Waals surface area contributed by atoms with Gasteiger partial charge in [0.2, 0.25) is 0 Å². The normalized spacial score (nSPS) is 10.4. The van der Waals surface area contributed by atoms with Gasteiger partial charge in [-0.25, -0.2) is 0 Å². The molecule has 4 rings (SSSR count). The zero-order chi connectivity index (χ0) is 18.5. The largest absolute Gasteiger partial charge is 0.497 e. The van der Waals surface area contributed by atoms with Gasteiger partial charge in [0.25, 0.3) is 0 Å². The molecule has 0 heterocycles. The summed E-state index contributed by atoms with van der Waals surface area (Å²) >= 11 is 0. The summed E-state index contributed by atoms with van der Waals surface area (Å²) in [6.45, 7) is 0. The lowest BCUT2D eigenvalue weighted by Crippen LogP contribution is -2.10. The average Bonchev–Trinajstić information content (AvgIpc) is 2.76. The quantitative estimate of drug-likeness (QED) is 0.390. The molecule has 0 aliphatic rings. The minimum absolute atomic E-state index is 0.836. The SMILES string of the molecule is COc1cc(-c2ccccc2)cc(N(c2ccccc2)c2ccccc2)c1. The number of benzene rings is 4. The molecule has 0 bridgehead atoms. The van der Waals surface area contributed by atoms with E-state index in [1.165, 1.54) is 5.56 Å². The standard InChI is InChI=1S/C25H21NO/c1-27-25-18-21(20-11-5-2-6-12-20)17-24(19-25)26(22-13-7-3-8-14-22)23-15-9-4-10-16-23/h2-19H,1H3. The van der Waals surface area contributed by atoms with Crippen LogP contribution in [0.4, 0.5) is 17.1 Å². The second kappa shape index (κ2) is 7.79. The molecule has 0 unspecified atom stereocenters. The maximum Gasteiger partial charge on any atom is 0.121 e. The van der Waals surface area contributed by atoms with Crippen LogP contribution in [0, 0.1) is 0 Å². The van der Waals surface area contributed by atoms with Crippen LogP contribution in [-0.4, -0.2) is 7.11 Å². The van der Waals surface area contributed by atoms with Crippen LogP contribution in [0.3, 0.4) is 0 Å². The van der Waals surface area contributed by atoms with Crippen molar-refractivity contribution in [3.63, 3.8) is 0 Å². The van der Waals surface area contributed by atoms with Crippen LogP contribution in [0.5, 0.6) is 5.75 Å². The number of hydrogen-bond acceptors (Lipinski definition) is 2. The third kappa shape index (κ3) is 3.70. The third-order valence-corrected chi connectivity index (χ3v) is 4.52. The van der Waals surface area contributed by atoms with E-state index < -0.39 is 0 Å². The third-order valence-electron chi connectivity index (χ3n) is 4.52. The van der Waals surface area contributed by atoms with E-state index in [-0.39, 0.29) is 0 Å². The molecule has 27 heavy (non-hydrogen) atoms. The van der Waals surface area contributed by atoms with Crippen molar-refractivity contribution in [2.45, 2.75) is 0 Å². The highest BCUT2D eigenvalue weighted by molar-refractivity contribution is 5.81. The van der Waals surface area contributed by atoms with E-state index in [4.69, 9.17) is 4.74 Å². The zero-order valence-electron chi connectivity index (χ0n) is 15.2. The van der Waals surface area contributed by atoms with Crippen molar-refractivity contribution in [2.24, 2.45) is 0 Å². The van der Waals surface area contributed by atoms with Gasteiger partial charge in [-0.2, -0.15) is 0 Å². The first-order valence-electron chi connectivity index (χ1n) is 9.00. The molecule has 0 amide bonds. The Hall–Kier alpha value is -3.52. The molecule has 0 fully saturated rings. The summed E-state index contributed by atoms with van der Waals surface area (Å²) < 4.78 is 5.61. The van der Waals surface area contributed by atoms with Gasteiger partial charge in [-0.3, -0.25) is 0 Å². The molecule has 0 radical (unpaired) electrons. The van der Waals surface area contributed by atoms with Gasteiger partial charge in [-0.1, -0.05) is 66.7 Å². The second-order valence-corrected chi connectivity index (χ2v) is 6.29. The summed E-state index contributed by atoms with van der Waals surface area (Å²) in [6.07, 6.45) is 0. The number of hydrogen-bond donors (Lipinski definition) is 0. The summed E-state index contributed by atoms with van der Waals surface area (Å²) in [7, 11) is 1.71. The minimum atomic E-state index is 0.836. The van der Waals surface area contributed by atoms with Gasteiger partial charge >= 0.3 is 0 Å². The van der Waals surface area contributed by atoms with Gasteiger partial charge in [0.15, 0.2) is 0 Å². The lowest BCUT2D eigenvalue weighted by atomic mass is 10.0. The Balaban J connectivity index is 1.90. The highest BCUT2D eigenvalue weighted by Gasteiger charge is 2.14. The highest BCUT2D eigenvalue weighted by atomic mass is 16.5. The number of nitrogens with zero attached hydrogens (tertiary/aromatic N) is 1. The van der Waals surface area contributed by atoms with Crippen LogP contribution < -0.4 is 9.64 Å². The minimum Gasteiger partial charge on any atom is -0.497 e. The van der Waals surface area contributed by atoms with Crippen molar-refractivity contribution in [2.75, 3.05) is 12.0 Å². The predicted octanol–water partition coefficient (Wildman–Crippen LogP) is 6.83. The summed E-state index contributed by atoms with van der Waals surface area (Å²) in [5.74, 6) is 0.836. The Morgan fingerprint density at radius 2 is 1.04 bits per heavy atom. The van der Waals surface area contributed by atoms with Crippen LogP contribution in [0.15, 0.2) is 109 Å². The number of ether oxygens (including phenoxy) is 1. The van der Waals surface area contributed by atoms with Crippen LogP contribution in [-0.2, 0) is 0 Å². The van der Waals surface area contributed by atoms with Crippen LogP contribution in [0.1, 0.15) is 0 Å². The highest BCUT2D eigenvalue weighted by Crippen LogP contribution is 2.38. The summed E-state index contributed by atoms with van der Waals surface area (Å²) in [5, 5.41) is 0. The van der Waals surface area contributed by atoms with Gasteiger partial charge in [-0.05, 0) is 47.5 Å². The number of para-hydroxylation sites is 2. The first-order valence-corrected chi connectivity index (χ1v) is 9.00. The predicted molar refractivity (Wildman–Crippen MR) is 113 cm³/mol. The molecule has 2 heteroatoms. The summed E-state index contributed by atoms with van der Waals surface area (Å²) in [5.41, 5.74) is 5.57. The first kappa shape index (κ1) is 16.9. The molecule has 132 valence electrons. The maximum atomic E-state index is 5.61. The molecular formula is C25H21NO. The topological polar surface area (TPSA) is 12.5 Å². The molecule has 0 N–H and O–H groups in total. The van der Waals surface area contributed by atoms with Gasteiger partial charge in [0.05, 0.1) is 12.8 Å². The molecule has 0 aromatic heterocycles.